The van der Waals surface area contributed by atoms with Crippen molar-refractivity contribution in [3.05, 3.63) is 124 Å². The van der Waals surface area contributed by atoms with Crippen molar-refractivity contribution in [3.8, 4) is 0 Å². The summed E-state index contributed by atoms with van der Waals surface area (Å²) < 4.78 is 13.6. The van der Waals surface area contributed by atoms with E-state index < -0.39 is 72.2 Å². The fourth-order valence-corrected chi connectivity index (χ4v) is 9.36. The second-order valence-corrected chi connectivity index (χ2v) is 15.3. The van der Waals surface area contributed by atoms with Gasteiger partial charge in [0.15, 0.2) is 0 Å². The Hall–Kier alpha value is -4.58. The molecule has 3 amide bonds. The smallest absolute Gasteiger partial charge is 0.313 e. The van der Waals surface area contributed by atoms with Gasteiger partial charge in [-0.15, -0.1) is 0 Å². The zero-order chi connectivity index (χ0) is 37.4. The Morgan fingerprint density at radius 2 is 1.58 bits per heavy atom. The number of esters is 1. The van der Waals surface area contributed by atoms with Gasteiger partial charge in [-0.05, 0) is 61.9 Å². The van der Waals surface area contributed by atoms with Gasteiger partial charge >= 0.3 is 5.97 Å². The molecule has 2 fully saturated rings. The van der Waals surface area contributed by atoms with Gasteiger partial charge < -0.3 is 29.7 Å². The average Bonchev–Trinajstić information content (AvgIpc) is 3.75. The molecule has 11 heteroatoms. The van der Waals surface area contributed by atoms with Crippen LogP contribution in [0, 0.1) is 25.7 Å². The standard InChI is InChI=1S/C42H44BrN3O7/c1-25-14-13-15-26(2)35(25)45-21-12-6-11-20-32(48)44-27(3)36(29-18-9-5-10-19-29)52-41(51)33-34-39(49)46(30(24-47)22-28-16-7-4-8-17-28)38(40(45)50)42(34)23-31(43)37(33)53-42/h4-10,12-19,23,27,30,33-34,36-38,47H,11,20-22,24H2,1-3H3,(H,44,48)/b12-6-/t27-,30+,33+,34-,36+,37+,38+,42-/m0/s1. The van der Waals surface area contributed by atoms with Crippen molar-refractivity contribution in [2.45, 2.75) is 76.0 Å². The topological polar surface area (TPSA) is 125 Å². The molecular formula is C42H44BrN3O7. The molecule has 0 aromatic heterocycles. The average molecular weight is 783 g/mol. The quantitative estimate of drug-likeness (QED) is 0.259. The van der Waals surface area contributed by atoms with Crippen molar-refractivity contribution >= 4 is 45.3 Å². The van der Waals surface area contributed by atoms with E-state index in [0.29, 0.717) is 22.2 Å². The summed E-state index contributed by atoms with van der Waals surface area (Å²) in [6, 6.07) is 21.8. The summed E-state index contributed by atoms with van der Waals surface area (Å²) in [5.74, 6) is -3.99. The molecule has 53 heavy (non-hydrogen) atoms. The molecule has 0 unspecified atom stereocenters. The first kappa shape index (κ1) is 36.8. The van der Waals surface area contributed by atoms with Crippen molar-refractivity contribution in [2.24, 2.45) is 11.8 Å². The van der Waals surface area contributed by atoms with Gasteiger partial charge in [0.2, 0.25) is 11.8 Å². The van der Waals surface area contributed by atoms with Crippen LogP contribution in [0.25, 0.3) is 0 Å². The lowest BCUT2D eigenvalue weighted by Gasteiger charge is -2.39. The zero-order valence-electron chi connectivity index (χ0n) is 30.0. The van der Waals surface area contributed by atoms with E-state index in [9.17, 15) is 14.7 Å². The highest BCUT2D eigenvalue weighted by molar-refractivity contribution is 9.11. The van der Waals surface area contributed by atoms with Crippen molar-refractivity contribution in [1.82, 2.24) is 10.2 Å². The molecular weight excluding hydrogens is 738 g/mol. The van der Waals surface area contributed by atoms with Gasteiger partial charge in [0.25, 0.3) is 5.91 Å². The first-order chi connectivity index (χ1) is 25.6. The molecule has 4 aliphatic heterocycles. The Bertz CT molecular complexity index is 1930. The predicted octanol–water partition coefficient (Wildman–Crippen LogP) is 5.25. The van der Waals surface area contributed by atoms with Gasteiger partial charge in [0.1, 0.15) is 29.8 Å². The molecule has 10 nitrogen and oxygen atoms in total. The third kappa shape index (κ3) is 6.64. The molecule has 276 valence electrons. The molecule has 7 rings (SSSR count). The summed E-state index contributed by atoms with van der Waals surface area (Å²) in [5, 5.41) is 14.0. The summed E-state index contributed by atoms with van der Waals surface area (Å²) >= 11 is 3.64. The predicted molar refractivity (Wildman–Crippen MR) is 203 cm³/mol. The third-order valence-corrected chi connectivity index (χ3v) is 11.7. The molecule has 0 aliphatic carbocycles. The number of nitrogens with zero attached hydrogens (tertiary/aromatic N) is 2. The number of halogens is 1. The molecule has 2 saturated heterocycles. The first-order valence-electron chi connectivity index (χ1n) is 18.2. The number of aliphatic hydroxyl groups excluding tert-OH is 1. The van der Waals surface area contributed by atoms with Gasteiger partial charge in [0.05, 0.1) is 24.6 Å². The molecule has 1 spiro atoms. The minimum Gasteiger partial charge on any atom is -0.455 e. The van der Waals surface area contributed by atoms with Gasteiger partial charge in [-0.25, -0.2) is 0 Å². The maximum absolute atomic E-state index is 15.5. The van der Waals surface area contributed by atoms with E-state index in [-0.39, 0.29) is 25.3 Å². The molecule has 0 radical (unpaired) electrons. The minimum atomic E-state index is -1.54. The van der Waals surface area contributed by atoms with Crippen LogP contribution in [0.1, 0.15) is 48.1 Å². The highest BCUT2D eigenvalue weighted by Gasteiger charge is 2.75. The number of para-hydroxylation sites is 1. The van der Waals surface area contributed by atoms with E-state index in [1.807, 2.05) is 105 Å². The molecule has 4 aliphatic rings. The van der Waals surface area contributed by atoms with Crippen molar-refractivity contribution in [1.29, 1.82) is 0 Å². The highest BCUT2D eigenvalue weighted by atomic mass is 79.9. The number of hydrogen-bond acceptors (Lipinski definition) is 7. The van der Waals surface area contributed by atoms with Crippen LogP contribution in [0.4, 0.5) is 5.69 Å². The van der Waals surface area contributed by atoms with E-state index >= 15 is 9.59 Å². The normalized spacial score (nSPS) is 30.1. The summed E-state index contributed by atoms with van der Waals surface area (Å²) in [5.41, 5.74) is 2.43. The number of anilines is 1. The fourth-order valence-electron chi connectivity index (χ4n) is 8.63. The summed E-state index contributed by atoms with van der Waals surface area (Å²) in [4.78, 5) is 61.5. The molecule has 5 bridgehead atoms. The number of amides is 3. The minimum absolute atomic E-state index is 0.153. The number of likely N-dealkylation sites (tertiary alicyclic amines) is 1. The Morgan fingerprint density at radius 1 is 0.906 bits per heavy atom. The van der Waals surface area contributed by atoms with Gasteiger partial charge in [-0.2, -0.15) is 0 Å². The molecule has 8 atom stereocenters. The van der Waals surface area contributed by atoms with E-state index in [2.05, 4.69) is 21.2 Å². The van der Waals surface area contributed by atoms with Crippen molar-refractivity contribution in [3.63, 3.8) is 0 Å². The van der Waals surface area contributed by atoms with Crippen LogP contribution in [0.15, 0.2) is 102 Å². The Morgan fingerprint density at radius 3 is 2.26 bits per heavy atom. The van der Waals surface area contributed by atoms with Crippen molar-refractivity contribution < 1.29 is 33.8 Å². The lowest BCUT2D eigenvalue weighted by Crippen LogP contribution is -2.59. The molecule has 3 aromatic rings. The summed E-state index contributed by atoms with van der Waals surface area (Å²) in [7, 11) is 0. The van der Waals surface area contributed by atoms with E-state index in [0.717, 1.165) is 16.7 Å². The number of cyclic esters (lactones) is 1. The molecule has 2 N–H and O–H groups in total. The second kappa shape index (κ2) is 15.0. The van der Waals surface area contributed by atoms with Crippen LogP contribution in [0.2, 0.25) is 0 Å². The maximum atomic E-state index is 15.5. The first-order valence-corrected chi connectivity index (χ1v) is 19.0. The number of aryl methyl sites for hydroxylation is 2. The highest BCUT2D eigenvalue weighted by Crippen LogP contribution is 2.59. The fraction of sp³-hybridized carbons (Fsp3) is 0.381. The van der Waals surface area contributed by atoms with Crippen LogP contribution in [-0.4, -0.2) is 76.7 Å². The monoisotopic (exact) mass is 781 g/mol. The molecule has 4 heterocycles. The number of carbonyl (C=O) groups excluding carboxylic acids is 4. The van der Waals surface area contributed by atoms with E-state index in [4.69, 9.17) is 9.47 Å². The number of ether oxygens (including phenoxy) is 2. The Labute approximate surface area is 318 Å². The largest absolute Gasteiger partial charge is 0.455 e. The van der Waals surface area contributed by atoms with Crippen molar-refractivity contribution in [2.75, 3.05) is 18.1 Å². The number of aliphatic hydroxyl groups is 1. The van der Waals surface area contributed by atoms with Crippen LogP contribution < -0.4 is 10.2 Å². The van der Waals surface area contributed by atoms with Crippen LogP contribution in [-0.2, 0) is 35.1 Å². The lowest BCUT2D eigenvalue weighted by atomic mass is 9.74. The molecule has 0 saturated carbocycles. The number of carbonyl (C=O) groups is 4. The number of nitrogens with one attached hydrogen (secondary N) is 1. The number of fused-ring (bicyclic) bond motifs is 2. The number of rotatable bonds is 6. The molecule has 3 aromatic carbocycles. The van der Waals surface area contributed by atoms with Gasteiger partial charge in [-0.3, -0.25) is 19.2 Å². The number of allylic oxidation sites excluding steroid dienone is 1. The Kier molecular flexibility index (Phi) is 10.4. The zero-order valence-corrected chi connectivity index (χ0v) is 31.6. The van der Waals surface area contributed by atoms with Gasteiger partial charge in [-0.1, -0.05) is 107 Å². The third-order valence-electron chi connectivity index (χ3n) is 11.0. The van der Waals surface area contributed by atoms with E-state index in [1.54, 1.807) is 17.9 Å². The lowest BCUT2D eigenvalue weighted by molar-refractivity contribution is -0.161. The van der Waals surface area contributed by atoms with Crippen LogP contribution in [0.5, 0.6) is 0 Å². The Balaban J connectivity index is 1.39. The maximum Gasteiger partial charge on any atom is 0.313 e. The number of hydrogen-bond donors (Lipinski definition) is 2. The summed E-state index contributed by atoms with van der Waals surface area (Å²) in [6.45, 7) is 5.38. The second-order valence-electron chi connectivity index (χ2n) is 14.4. The van der Waals surface area contributed by atoms with Crippen LogP contribution >= 0.6 is 15.9 Å². The van der Waals surface area contributed by atoms with Gasteiger partial charge in [0, 0.05) is 23.1 Å². The van der Waals surface area contributed by atoms with E-state index in [1.165, 1.54) is 4.90 Å². The number of benzene rings is 3. The summed E-state index contributed by atoms with van der Waals surface area (Å²) in [6.07, 6.45) is 4.63. The SMILES string of the molecule is Cc1cccc(C)c1N1C/C=C\CCC(=O)N[C@@H](C)[C@H](c2ccccc2)OC(=O)[C@H]2[C@@H]3O[C@@]4(C=C3Br)[C@@H]2C(=O)N([C@@H](CO)Cc2ccccc2)[C@@H]4C1=O. The van der Waals surface area contributed by atoms with Crippen LogP contribution in [0.3, 0.4) is 0 Å².